The van der Waals surface area contributed by atoms with E-state index < -0.39 is 10.8 Å². The summed E-state index contributed by atoms with van der Waals surface area (Å²) in [6.07, 6.45) is 0. The number of nitrogens with zero attached hydrogens (tertiary/aromatic N) is 2. The van der Waals surface area contributed by atoms with Crippen molar-refractivity contribution < 1.29 is 19.2 Å². The Labute approximate surface area is 169 Å². The molecule has 0 aliphatic heterocycles. The lowest BCUT2D eigenvalue weighted by Crippen LogP contribution is -2.20. The van der Waals surface area contributed by atoms with Crippen LogP contribution in [0.15, 0.2) is 24.3 Å². The summed E-state index contributed by atoms with van der Waals surface area (Å²) in [6, 6.07) is 6.34. The number of rotatable bonds is 6. The molecule has 0 unspecified atom stereocenters. The van der Waals surface area contributed by atoms with E-state index >= 15 is 0 Å². The average molecular weight is 422 g/mol. The molecule has 8 nitrogen and oxygen atoms in total. The van der Waals surface area contributed by atoms with Gasteiger partial charge >= 0.3 is 0 Å². The molecule has 0 aliphatic rings. The number of hydrogen-bond donors (Lipinski definition) is 1. The number of benzene rings is 2. The molecular formula is C18H16ClN3O5S. The molecule has 0 aliphatic carbocycles. The van der Waals surface area contributed by atoms with Crippen LogP contribution in [0.4, 0.5) is 10.8 Å². The topological polar surface area (TPSA) is 104 Å². The summed E-state index contributed by atoms with van der Waals surface area (Å²) in [7, 11) is 1.40. The fraction of sp³-hybridized carbons (Fsp3) is 0.222. The molecule has 0 radical (unpaired) electrons. The molecule has 3 aromatic rings. The van der Waals surface area contributed by atoms with Gasteiger partial charge in [-0.25, -0.2) is 4.98 Å². The summed E-state index contributed by atoms with van der Waals surface area (Å²) < 4.78 is 11.2. The number of fused-ring (bicyclic) bond motifs is 1. The maximum atomic E-state index is 12.2. The molecule has 146 valence electrons. The molecule has 0 saturated carbocycles. The third-order valence-electron chi connectivity index (χ3n) is 3.84. The number of amides is 1. The molecule has 0 spiro atoms. The van der Waals surface area contributed by atoms with Gasteiger partial charge in [0.2, 0.25) is 0 Å². The molecule has 3 rings (SSSR count). The lowest BCUT2D eigenvalue weighted by Gasteiger charge is -2.11. The Morgan fingerprint density at radius 3 is 2.71 bits per heavy atom. The molecule has 10 heteroatoms. The molecule has 1 N–H and O–H groups in total. The van der Waals surface area contributed by atoms with Crippen LogP contribution in [-0.2, 0) is 4.79 Å². The number of methoxy groups -OCH3 is 1. The number of anilines is 1. The number of nitro groups is 1. The molecule has 1 aromatic heterocycles. The zero-order valence-corrected chi connectivity index (χ0v) is 16.8. The number of ether oxygens (including phenoxy) is 2. The first-order valence-corrected chi connectivity index (χ1v) is 9.30. The van der Waals surface area contributed by atoms with E-state index in [9.17, 15) is 14.9 Å². The fourth-order valence-electron chi connectivity index (χ4n) is 2.68. The monoisotopic (exact) mass is 421 g/mol. The SMILES string of the molecule is COc1cc([N+](=O)[O-])cc2sc(NC(=O)COc3c(C)cc(C)cc3Cl)nc12. The third kappa shape index (κ3) is 4.15. The van der Waals surface area contributed by atoms with Crippen molar-refractivity contribution in [1.29, 1.82) is 0 Å². The first kappa shape index (κ1) is 19.8. The Hall–Kier alpha value is -2.91. The molecular weight excluding hydrogens is 406 g/mol. The number of aryl methyl sites for hydroxylation is 2. The average Bonchev–Trinajstić information content (AvgIpc) is 3.01. The van der Waals surface area contributed by atoms with E-state index in [1.54, 1.807) is 6.07 Å². The van der Waals surface area contributed by atoms with Gasteiger partial charge in [-0.15, -0.1) is 0 Å². The van der Waals surface area contributed by atoms with E-state index in [0.29, 0.717) is 21.0 Å². The number of hydrogen-bond acceptors (Lipinski definition) is 7. The lowest BCUT2D eigenvalue weighted by molar-refractivity contribution is -0.384. The van der Waals surface area contributed by atoms with Gasteiger partial charge in [-0.05, 0) is 31.0 Å². The van der Waals surface area contributed by atoms with Crippen LogP contribution in [0, 0.1) is 24.0 Å². The second kappa shape index (κ2) is 7.99. The lowest BCUT2D eigenvalue weighted by atomic mass is 10.1. The highest BCUT2D eigenvalue weighted by Crippen LogP contribution is 2.36. The van der Waals surface area contributed by atoms with Gasteiger partial charge in [0.15, 0.2) is 17.5 Å². The summed E-state index contributed by atoms with van der Waals surface area (Å²) >= 11 is 7.28. The summed E-state index contributed by atoms with van der Waals surface area (Å²) in [5.41, 5.74) is 2.15. The standard InChI is InChI=1S/C18H16ClN3O5S/c1-9-4-10(2)17(12(19)5-9)27-8-15(23)20-18-21-16-13(26-3)6-11(22(24)25)7-14(16)28-18/h4-7H,8H2,1-3H3,(H,20,21,23). The Morgan fingerprint density at radius 2 is 2.07 bits per heavy atom. The van der Waals surface area contributed by atoms with Crippen LogP contribution in [0.1, 0.15) is 11.1 Å². The number of carbonyl (C=O) groups is 1. The second-order valence-electron chi connectivity index (χ2n) is 6.00. The van der Waals surface area contributed by atoms with Crippen molar-refractivity contribution in [2.45, 2.75) is 13.8 Å². The molecule has 2 aromatic carbocycles. The summed E-state index contributed by atoms with van der Waals surface area (Å²) in [6.45, 7) is 3.51. The number of non-ortho nitro benzene ring substituents is 1. The number of aromatic nitrogens is 1. The molecule has 0 bridgehead atoms. The Bertz CT molecular complexity index is 1060. The van der Waals surface area contributed by atoms with Crippen molar-refractivity contribution in [3.05, 3.63) is 50.5 Å². The van der Waals surface area contributed by atoms with Crippen molar-refractivity contribution in [3.63, 3.8) is 0 Å². The molecule has 28 heavy (non-hydrogen) atoms. The van der Waals surface area contributed by atoms with Gasteiger partial charge in [-0.2, -0.15) is 0 Å². The van der Waals surface area contributed by atoms with Crippen molar-refractivity contribution in [2.24, 2.45) is 0 Å². The van der Waals surface area contributed by atoms with Gasteiger partial charge < -0.3 is 9.47 Å². The van der Waals surface area contributed by atoms with Crippen molar-refractivity contribution in [2.75, 3.05) is 19.0 Å². The van der Waals surface area contributed by atoms with E-state index in [2.05, 4.69) is 10.3 Å². The maximum absolute atomic E-state index is 12.2. The Morgan fingerprint density at radius 1 is 1.32 bits per heavy atom. The minimum absolute atomic E-state index is 0.112. The number of halogens is 1. The molecule has 0 atom stereocenters. The van der Waals surface area contributed by atoms with E-state index in [1.807, 2.05) is 19.9 Å². The van der Waals surface area contributed by atoms with Gasteiger partial charge in [-0.3, -0.25) is 20.2 Å². The van der Waals surface area contributed by atoms with Gasteiger partial charge in [0.1, 0.15) is 11.3 Å². The van der Waals surface area contributed by atoms with E-state index in [1.165, 1.54) is 19.2 Å². The minimum Gasteiger partial charge on any atom is -0.494 e. The van der Waals surface area contributed by atoms with Crippen LogP contribution < -0.4 is 14.8 Å². The largest absolute Gasteiger partial charge is 0.494 e. The predicted molar refractivity (Wildman–Crippen MR) is 108 cm³/mol. The highest BCUT2D eigenvalue weighted by molar-refractivity contribution is 7.22. The normalized spacial score (nSPS) is 10.7. The summed E-state index contributed by atoms with van der Waals surface area (Å²) in [5.74, 6) is 0.284. The molecule has 1 amide bonds. The van der Waals surface area contributed by atoms with Crippen LogP contribution in [0.3, 0.4) is 0 Å². The van der Waals surface area contributed by atoms with Crippen molar-refractivity contribution in [1.82, 2.24) is 4.98 Å². The molecule has 1 heterocycles. The van der Waals surface area contributed by atoms with Crippen LogP contribution in [0.25, 0.3) is 10.2 Å². The van der Waals surface area contributed by atoms with Gasteiger partial charge in [-0.1, -0.05) is 29.0 Å². The van der Waals surface area contributed by atoms with Crippen molar-refractivity contribution >= 4 is 49.9 Å². The summed E-state index contributed by atoms with van der Waals surface area (Å²) in [5, 5.41) is 14.4. The second-order valence-corrected chi connectivity index (χ2v) is 7.44. The number of thiazole rings is 1. The first-order chi connectivity index (χ1) is 13.3. The quantitative estimate of drug-likeness (QED) is 0.464. The summed E-state index contributed by atoms with van der Waals surface area (Å²) in [4.78, 5) is 27.0. The smallest absolute Gasteiger partial charge is 0.274 e. The number of carbonyl (C=O) groups excluding carboxylic acids is 1. The van der Waals surface area contributed by atoms with Gasteiger partial charge in [0.25, 0.3) is 11.6 Å². The maximum Gasteiger partial charge on any atom is 0.274 e. The van der Waals surface area contributed by atoms with Crippen LogP contribution in [-0.4, -0.2) is 29.5 Å². The highest BCUT2D eigenvalue weighted by Gasteiger charge is 2.18. The number of nitrogens with one attached hydrogen (secondary N) is 1. The number of nitro benzene ring substituents is 1. The van der Waals surface area contributed by atoms with Crippen LogP contribution in [0.2, 0.25) is 5.02 Å². The van der Waals surface area contributed by atoms with Crippen molar-refractivity contribution in [3.8, 4) is 11.5 Å². The zero-order chi connectivity index (χ0) is 20.4. The first-order valence-electron chi connectivity index (χ1n) is 8.11. The van der Waals surface area contributed by atoms with Gasteiger partial charge in [0.05, 0.1) is 27.8 Å². The molecule has 0 fully saturated rings. The van der Waals surface area contributed by atoms with E-state index in [-0.39, 0.29) is 23.2 Å². The Balaban J connectivity index is 1.75. The zero-order valence-electron chi connectivity index (χ0n) is 15.2. The fourth-order valence-corrected chi connectivity index (χ4v) is 3.99. The minimum atomic E-state index is -0.512. The third-order valence-corrected chi connectivity index (χ3v) is 5.04. The van der Waals surface area contributed by atoms with Gasteiger partial charge in [0, 0.05) is 6.07 Å². The molecule has 0 saturated heterocycles. The van der Waals surface area contributed by atoms with E-state index in [0.717, 1.165) is 22.5 Å². The Kier molecular flexibility index (Phi) is 5.66. The van der Waals surface area contributed by atoms with Crippen LogP contribution in [0.5, 0.6) is 11.5 Å². The van der Waals surface area contributed by atoms with E-state index in [4.69, 9.17) is 21.1 Å². The predicted octanol–water partition coefficient (Wildman–Crippen LogP) is 4.50. The van der Waals surface area contributed by atoms with Crippen LogP contribution >= 0.6 is 22.9 Å². The highest BCUT2D eigenvalue weighted by atomic mass is 35.5.